The molecular weight excluding hydrogens is 296 g/mol. The second-order valence-corrected chi connectivity index (χ2v) is 5.02. The third-order valence-corrected chi connectivity index (χ3v) is 3.68. The van der Waals surface area contributed by atoms with Gasteiger partial charge in [-0.2, -0.15) is 0 Å². The van der Waals surface area contributed by atoms with Gasteiger partial charge in [-0.1, -0.05) is 25.4 Å². The molecule has 0 aromatic heterocycles. The zero-order valence-electron chi connectivity index (χ0n) is 12.1. The number of aliphatic hydroxyl groups is 1. The minimum atomic E-state index is -0.594. The van der Waals surface area contributed by atoms with E-state index in [1.165, 1.54) is 18.2 Å². The van der Waals surface area contributed by atoms with Crippen LogP contribution >= 0.6 is 11.6 Å². The topological polar surface area (TPSA) is 83.7 Å². The molecule has 0 saturated heterocycles. The predicted octanol–water partition coefficient (Wildman–Crippen LogP) is 2.87. The van der Waals surface area contributed by atoms with E-state index in [-0.39, 0.29) is 41.4 Å². The van der Waals surface area contributed by atoms with Crippen molar-refractivity contribution in [1.82, 2.24) is 4.90 Å². The van der Waals surface area contributed by atoms with Crippen LogP contribution in [0.2, 0.25) is 5.02 Å². The van der Waals surface area contributed by atoms with Crippen LogP contribution in [-0.2, 0) is 0 Å². The molecular formula is C14H19ClN2O4. The summed E-state index contributed by atoms with van der Waals surface area (Å²) in [5.74, 6) is -0.283. The van der Waals surface area contributed by atoms with Crippen LogP contribution < -0.4 is 0 Å². The SMILES string of the molecule is CCC(CC)N(CCO)C(=O)c1ccc([N+](=O)[O-])c(Cl)c1. The van der Waals surface area contributed by atoms with Crippen molar-refractivity contribution in [2.75, 3.05) is 13.2 Å². The summed E-state index contributed by atoms with van der Waals surface area (Å²) in [6.45, 7) is 4.02. The first-order valence-electron chi connectivity index (χ1n) is 6.81. The molecule has 0 bridgehead atoms. The molecule has 116 valence electrons. The second kappa shape index (κ2) is 7.95. The molecule has 0 spiro atoms. The zero-order chi connectivity index (χ0) is 16.0. The lowest BCUT2D eigenvalue weighted by molar-refractivity contribution is -0.384. The molecule has 0 fully saturated rings. The van der Waals surface area contributed by atoms with Crippen molar-refractivity contribution in [3.05, 3.63) is 38.9 Å². The van der Waals surface area contributed by atoms with E-state index in [4.69, 9.17) is 16.7 Å². The second-order valence-electron chi connectivity index (χ2n) is 4.62. The average Bonchev–Trinajstić information content (AvgIpc) is 2.46. The van der Waals surface area contributed by atoms with Crippen molar-refractivity contribution in [2.45, 2.75) is 32.7 Å². The van der Waals surface area contributed by atoms with Crippen LogP contribution in [0.15, 0.2) is 18.2 Å². The smallest absolute Gasteiger partial charge is 0.287 e. The first-order chi connectivity index (χ1) is 9.96. The van der Waals surface area contributed by atoms with E-state index in [1.54, 1.807) is 4.90 Å². The van der Waals surface area contributed by atoms with Gasteiger partial charge >= 0.3 is 0 Å². The van der Waals surface area contributed by atoms with E-state index in [9.17, 15) is 14.9 Å². The van der Waals surface area contributed by atoms with Gasteiger partial charge in [0.15, 0.2) is 0 Å². The minimum Gasteiger partial charge on any atom is -0.395 e. The largest absolute Gasteiger partial charge is 0.395 e. The number of carbonyl (C=O) groups excluding carboxylic acids is 1. The van der Waals surface area contributed by atoms with Crippen LogP contribution in [0, 0.1) is 10.1 Å². The summed E-state index contributed by atoms with van der Waals surface area (Å²) in [5, 5.41) is 19.8. The maximum Gasteiger partial charge on any atom is 0.287 e. The van der Waals surface area contributed by atoms with Gasteiger partial charge in [0.25, 0.3) is 11.6 Å². The number of nitrogens with zero attached hydrogens (tertiary/aromatic N) is 2. The fourth-order valence-corrected chi connectivity index (χ4v) is 2.49. The summed E-state index contributed by atoms with van der Waals surface area (Å²) in [7, 11) is 0. The summed E-state index contributed by atoms with van der Waals surface area (Å²) < 4.78 is 0. The summed E-state index contributed by atoms with van der Waals surface area (Å²) >= 11 is 5.84. The van der Waals surface area contributed by atoms with Crippen molar-refractivity contribution < 1.29 is 14.8 Å². The quantitative estimate of drug-likeness (QED) is 0.619. The lowest BCUT2D eigenvalue weighted by Gasteiger charge is -2.30. The third kappa shape index (κ3) is 4.15. The zero-order valence-corrected chi connectivity index (χ0v) is 12.8. The fraction of sp³-hybridized carbons (Fsp3) is 0.500. The molecule has 1 aromatic carbocycles. The van der Waals surface area contributed by atoms with Gasteiger partial charge in [0.05, 0.1) is 11.5 Å². The van der Waals surface area contributed by atoms with Crippen LogP contribution in [0.25, 0.3) is 0 Å². The van der Waals surface area contributed by atoms with Crippen molar-refractivity contribution in [3.8, 4) is 0 Å². The first-order valence-corrected chi connectivity index (χ1v) is 7.19. The molecule has 0 aliphatic heterocycles. The Kier molecular flexibility index (Phi) is 6.58. The highest BCUT2D eigenvalue weighted by atomic mass is 35.5. The van der Waals surface area contributed by atoms with Crippen molar-refractivity contribution in [3.63, 3.8) is 0 Å². The Morgan fingerprint density at radius 1 is 1.43 bits per heavy atom. The number of aliphatic hydroxyl groups excluding tert-OH is 1. The van der Waals surface area contributed by atoms with Crippen LogP contribution in [0.3, 0.4) is 0 Å². The van der Waals surface area contributed by atoms with E-state index < -0.39 is 4.92 Å². The Hall–Kier alpha value is -1.66. The summed E-state index contributed by atoms with van der Waals surface area (Å²) in [6.07, 6.45) is 1.53. The minimum absolute atomic E-state index is 0.0126. The molecule has 1 rings (SSSR count). The molecule has 1 aromatic rings. The number of nitro groups is 1. The van der Waals surface area contributed by atoms with E-state index in [0.29, 0.717) is 0 Å². The third-order valence-electron chi connectivity index (χ3n) is 3.38. The number of amides is 1. The number of halogens is 1. The van der Waals surface area contributed by atoms with Crippen molar-refractivity contribution >= 4 is 23.2 Å². The van der Waals surface area contributed by atoms with Gasteiger partial charge in [0.1, 0.15) is 5.02 Å². The van der Waals surface area contributed by atoms with Crippen LogP contribution in [0.1, 0.15) is 37.0 Å². The lowest BCUT2D eigenvalue weighted by Crippen LogP contribution is -2.41. The molecule has 0 aliphatic carbocycles. The van der Waals surface area contributed by atoms with Gasteiger partial charge in [0.2, 0.25) is 0 Å². The molecule has 6 nitrogen and oxygen atoms in total. The van der Waals surface area contributed by atoms with Gasteiger partial charge in [0, 0.05) is 24.2 Å². The summed E-state index contributed by atoms with van der Waals surface area (Å²) in [4.78, 5) is 24.2. The molecule has 21 heavy (non-hydrogen) atoms. The van der Waals surface area contributed by atoms with Crippen molar-refractivity contribution in [2.24, 2.45) is 0 Å². The number of carbonyl (C=O) groups is 1. The van der Waals surface area contributed by atoms with E-state index in [1.807, 2.05) is 13.8 Å². The molecule has 0 radical (unpaired) electrons. The maximum atomic E-state index is 12.5. The predicted molar refractivity (Wildman–Crippen MR) is 80.6 cm³/mol. The highest BCUT2D eigenvalue weighted by molar-refractivity contribution is 6.33. The highest BCUT2D eigenvalue weighted by Crippen LogP contribution is 2.26. The lowest BCUT2D eigenvalue weighted by atomic mass is 10.1. The van der Waals surface area contributed by atoms with Gasteiger partial charge in [-0.15, -0.1) is 0 Å². The maximum absolute atomic E-state index is 12.5. The highest BCUT2D eigenvalue weighted by Gasteiger charge is 2.23. The number of benzene rings is 1. The Balaban J connectivity index is 3.09. The van der Waals surface area contributed by atoms with Crippen molar-refractivity contribution in [1.29, 1.82) is 0 Å². The monoisotopic (exact) mass is 314 g/mol. The van der Waals surface area contributed by atoms with Crippen LogP contribution in [-0.4, -0.2) is 40.0 Å². The fourth-order valence-electron chi connectivity index (χ4n) is 2.24. The van der Waals surface area contributed by atoms with Gasteiger partial charge < -0.3 is 10.0 Å². The number of hydrogen-bond donors (Lipinski definition) is 1. The van der Waals surface area contributed by atoms with E-state index in [0.717, 1.165) is 12.8 Å². The molecule has 0 unspecified atom stereocenters. The summed E-state index contributed by atoms with van der Waals surface area (Å²) in [6, 6.07) is 3.92. The Labute approximate surface area is 128 Å². The van der Waals surface area contributed by atoms with Gasteiger partial charge in [-0.3, -0.25) is 14.9 Å². The van der Waals surface area contributed by atoms with Gasteiger partial charge in [-0.25, -0.2) is 0 Å². The molecule has 0 aliphatic rings. The van der Waals surface area contributed by atoms with E-state index in [2.05, 4.69) is 0 Å². The molecule has 1 N–H and O–H groups in total. The number of nitro benzene ring substituents is 1. The molecule has 1 amide bonds. The van der Waals surface area contributed by atoms with Crippen LogP contribution in [0.4, 0.5) is 5.69 Å². The average molecular weight is 315 g/mol. The normalized spacial score (nSPS) is 10.7. The Bertz CT molecular complexity index is 518. The summed E-state index contributed by atoms with van der Waals surface area (Å²) in [5.41, 5.74) is 0.0513. The van der Waals surface area contributed by atoms with E-state index >= 15 is 0 Å². The van der Waals surface area contributed by atoms with Crippen LogP contribution in [0.5, 0.6) is 0 Å². The standard InChI is InChI=1S/C14H19ClN2O4/c1-3-11(4-2)16(7-8-18)14(19)10-5-6-13(17(20)21)12(15)9-10/h5-6,9,11,18H,3-4,7-8H2,1-2H3. The first kappa shape index (κ1) is 17.4. The number of hydrogen-bond acceptors (Lipinski definition) is 4. The molecule has 7 heteroatoms. The Morgan fingerprint density at radius 2 is 2.05 bits per heavy atom. The molecule has 0 saturated carbocycles. The number of rotatable bonds is 7. The molecule has 0 heterocycles. The molecule has 0 atom stereocenters. The van der Waals surface area contributed by atoms with Gasteiger partial charge in [-0.05, 0) is 25.0 Å². The Morgan fingerprint density at radius 3 is 2.48 bits per heavy atom.